The molecular weight excluding hydrogens is 180 g/mol. The van der Waals surface area contributed by atoms with Crippen molar-refractivity contribution in [3.8, 4) is 0 Å². The molecule has 0 aromatic carbocycles. The van der Waals surface area contributed by atoms with E-state index in [0.29, 0.717) is 24.0 Å². The van der Waals surface area contributed by atoms with Gasteiger partial charge in [0.05, 0.1) is 0 Å². The van der Waals surface area contributed by atoms with Gasteiger partial charge in [-0.15, -0.1) is 0 Å². The predicted octanol–water partition coefficient (Wildman–Crippen LogP) is 2.91. The van der Waals surface area contributed by atoms with Gasteiger partial charge in [0.25, 0.3) is 0 Å². The van der Waals surface area contributed by atoms with Crippen molar-refractivity contribution in [3.63, 3.8) is 0 Å². The van der Waals surface area contributed by atoms with Crippen LogP contribution in [0.1, 0.15) is 25.3 Å². The highest BCUT2D eigenvalue weighted by Crippen LogP contribution is 2.37. The van der Waals surface area contributed by atoms with Gasteiger partial charge in [0.2, 0.25) is 0 Å². The van der Waals surface area contributed by atoms with Crippen LogP contribution in [0.5, 0.6) is 0 Å². The van der Waals surface area contributed by atoms with Gasteiger partial charge >= 0.3 is 0 Å². The van der Waals surface area contributed by atoms with Crippen molar-refractivity contribution in [2.24, 2.45) is 11.8 Å². The molecule has 1 aromatic heterocycles. The Balaban J connectivity index is 1.90. The van der Waals surface area contributed by atoms with Crippen molar-refractivity contribution in [3.05, 3.63) is 22.4 Å². The van der Waals surface area contributed by atoms with Crippen LogP contribution in [0.3, 0.4) is 0 Å². The first-order valence-electron chi connectivity index (χ1n) is 4.81. The Morgan fingerprint density at radius 3 is 3.00 bits per heavy atom. The smallest absolute Gasteiger partial charge is 0.140 e. The summed E-state index contributed by atoms with van der Waals surface area (Å²) in [5, 5.41) is 4.10. The molecule has 0 aliphatic heterocycles. The summed E-state index contributed by atoms with van der Waals surface area (Å²) in [6, 6.07) is 2.04. The molecule has 1 fully saturated rings. The first-order chi connectivity index (χ1) is 6.27. The molecule has 1 aromatic rings. The van der Waals surface area contributed by atoms with Gasteiger partial charge in [-0.2, -0.15) is 11.3 Å². The van der Waals surface area contributed by atoms with Crippen LogP contribution in [-0.4, -0.2) is 5.78 Å². The topological polar surface area (TPSA) is 17.1 Å². The largest absolute Gasteiger partial charge is 0.299 e. The van der Waals surface area contributed by atoms with Crippen LogP contribution >= 0.6 is 11.3 Å². The second-order valence-corrected chi connectivity index (χ2v) is 4.68. The lowest BCUT2D eigenvalue weighted by atomic mass is 9.97. The van der Waals surface area contributed by atoms with Gasteiger partial charge in [-0.05, 0) is 41.1 Å². The van der Waals surface area contributed by atoms with E-state index in [1.165, 1.54) is 18.4 Å². The zero-order valence-corrected chi connectivity index (χ0v) is 8.64. The summed E-state index contributed by atoms with van der Waals surface area (Å²) in [6.45, 7) is 2.08. The second kappa shape index (κ2) is 3.62. The fraction of sp³-hybridized carbons (Fsp3) is 0.545. The summed E-state index contributed by atoms with van der Waals surface area (Å²) < 4.78 is 0. The van der Waals surface area contributed by atoms with E-state index in [-0.39, 0.29) is 0 Å². The van der Waals surface area contributed by atoms with E-state index in [2.05, 4.69) is 12.3 Å². The Morgan fingerprint density at radius 1 is 1.69 bits per heavy atom. The molecule has 1 heterocycles. The summed E-state index contributed by atoms with van der Waals surface area (Å²) in [7, 11) is 0. The first kappa shape index (κ1) is 8.95. The third-order valence-corrected chi connectivity index (χ3v) is 3.53. The van der Waals surface area contributed by atoms with Crippen LogP contribution < -0.4 is 0 Å². The van der Waals surface area contributed by atoms with Crippen molar-refractivity contribution in [1.82, 2.24) is 0 Å². The number of carbonyl (C=O) groups excluding carboxylic acids is 1. The minimum absolute atomic E-state index is 0.292. The van der Waals surface area contributed by atoms with Crippen molar-refractivity contribution >= 4 is 17.1 Å². The molecule has 0 amide bonds. The molecule has 0 N–H and O–H groups in total. The van der Waals surface area contributed by atoms with Crippen LogP contribution in [0.4, 0.5) is 0 Å². The lowest BCUT2D eigenvalue weighted by molar-refractivity contribution is -0.122. The maximum Gasteiger partial charge on any atom is 0.140 e. The number of hydrogen-bond donors (Lipinski definition) is 0. The molecule has 70 valence electrons. The van der Waals surface area contributed by atoms with Crippen molar-refractivity contribution < 1.29 is 4.79 Å². The third-order valence-electron chi connectivity index (χ3n) is 2.80. The van der Waals surface area contributed by atoms with E-state index in [1.807, 2.05) is 11.4 Å². The maximum absolute atomic E-state index is 11.7. The van der Waals surface area contributed by atoms with Gasteiger partial charge in [0.15, 0.2) is 0 Å². The third kappa shape index (κ3) is 2.19. The predicted molar refractivity (Wildman–Crippen MR) is 54.9 cm³/mol. The second-order valence-electron chi connectivity index (χ2n) is 3.90. The molecule has 0 radical (unpaired) electrons. The number of Topliss-reactive ketones (excluding diaryl/α,β-unsaturated/α-hetero) is 1. The number of carbonyl (C=O) groups is 1. The molecule has 0 bridgehead atoms. The standard InChI is InChI=1S/C11H14OS/c1-8(10-2-3-10)11(12)6-9-4-5-13-7-9/h4-5,7-8,10H,2-3,6H2,1H3. The van der Waals surface area contributed by atoms with Crippen LogP contribution in [-0.2, 0) is 11.2 Å². The molecule has 1 aliphatic carbocycles. The Kier molecular flexibility index (Phi) is 2.49. The maximum atomic E-state index is 11.7. The molecule has 2 rings (SSSR count). The van der Waals surface area contributed by atoms with Crippen LogP contribution in [0, 0.1) is 11.8 Å². The van der Waals surface area contributed by atoms with Gasteiger partial charge in [-0.3, -0.25) is 4.79 Å². The van der Waals surface area contributed by atoms with E-state index in [1.54, 1.807) is 11.3 Å². The molecule has 1 nitrogen and oxygen atoms in total. The van der Waals surface area contributed by atoms with E-state index in [9.17, 15) is 4.79 Å². The summed E-state index contributed by atoms with van der Waals surface area (Å²) in [4.78, 5) is 11.7. The van der Waals surface area contributed by atoms with E-state index >= 15 is 0 Å². The van der Waals surface area contributed by atoms with Crippen LogP contribution in [0.25, 0.3) is 0 Å². The minimum Gasteiger partial charge on any atom is -0.299 e. The molecule has 1 unspecified atom stereocenters. The minimum atomic E-state index is 0.292. The highest BCUT2D eigenvalue weighted by molar-refractivity contribution is 7.07. The molecule has 1 atom stereocenters. The lowest BCUT2D eigenvalue weighted by Gasteiger charge is -2.06. The Hall–Kier alpha value is -0.630. The van der Waals surface area contributed by atoms with Gasteiger partial charge < -0.3 is 0 Å². The average molecular weight is 194 g/mol. The highest BCUT2D eigenvalue weighted by atomic mass is 32.1. The Labute approximate surface area is 82.8 Å². The SMILES string of the molecule is CC(C(=O)Cc1ccsc1)C1CC1. The van der Waals surface area contributed by atoms with Gasteiger partial charge in [-0.1, -0.05) is 6.92 Å². The quantitative estimate of drug-likeness (QED) is 0.720. The summed E-state index contributed by atoms with van der Waals surface area (Å²) in [5.74, 6) is 1.41. The molecular formula is C11H14OS. The highest BCUT2D eigenvalue weighted by Gasteiger charge is 2.32. The summed E-state index contributed by atoms with van der Waals surface area (Å²) in [6.07, 6.45) is 3.16. The normalized spacial score (nSPS) is 18.5. The molecule has 13 heavy (non-hydrogen) atoms. The number of rotatable bonds is 4. The van der Waals surface area contributed by atoms with Gasteiger partial charge in [-0.25, -0.2) is 0 Å². The first-order valence-corrected chi connectivity index (χ1v) is 5.75. The molecule has 0 spiro atoms. The monoisotopic (exact) mass is 194 g/mol. The average Bonchev–Trinajstić information content (AvgIpc) is 2.85. The van der Waals surface area contributed by atoms with Gasteiger partial charge in [0, 0.05) is 12.3 Å². The number of ketones is 1. The zero-order valence-electron chi connectivity index (χ0n) is 7.82. The lowest BCUT2D eigenvalue weighted by Crippen LogP contribution is -2.14. The van der Waals surface area contributed by atoms with Crippen LogP contribution in [0.15, 0.2) is 16.8 Å². The van der Waals surface area contributed by atoms with Crippen LogP contribution in [0.2, 0.25) is 0 Å². The van der Waals surface area contributed by atoms with Gasteiger partial charge in [0.1, 0.15) is 5.78 Å². The summed E-state index contributed by atoms with van der Waals surface area (Å²) in [5.41, 5.74) is 1.18. The van der Waals surface area contributed by atoms with Crippen molar-refractivity contribution in [2.45, 2.75) is 26.2 Å². The Bertz CT molecular complexity index is 285. The molecule has 1 aliphatic rings. The number of hydrogen-bond acceptors (Lipinski definition) is 2. The van der Waals surface area contributed by atoms with Crippen molar-refractivity contribution in [1.29, 1.82) is 0 Å². The molecule has 0 saturated heterocycles. The van der Waals surface area contributed by atoms with Crippen molar-refractivity contribution in [2.75, 3.05) is 0 Å². The van der Waals surface area contributed by atoms with E-state index in [0.717, 1.165) is 0 Å². The molecule has 2 heteroatoms. The molecule has 1 saturated carbocycles. The number of thiophene rings is 1. The van der Waals surface area contributed by atoms with E-state index in [4.69, 9.17) is 0 Å². The fourth-order valence-electron chi connectivity index (χ4n) is 1.61. The fourth-order valence-corrected chi connectivity index (χ4v) is 2.28. The summed E-state index contributed by atoms with van der Waals surface area (Å²) >= 11 is 1.67. The Morgan fingerprint density at radius 2 is 2.46 bits per heavy atom. The van der Waals surface area contributed by atoms with E-state index < -0.39 is 0 Å². The zero-order chi connectivity index (χ0) is 9.26.